The van der Waals surface area contributed by atoms with E-state index in [4.69, 9.17) is 9.47 Å². The van der Waals surface area contributed by atoms with E-state index >= 15 is 0 Å². The number of unbranched alkanes of at least 4 members (excludes halogenated alkanes) is 17. The molecule has 1 aliphatic rings. The molecule has 1 amide bonds. The smallest absolute Gasteiger partial charge is 0.220 e. The number of aliphatic hydroxyl groups is 5. The van der Waals surface area contributed by atoms with Crippen molar-refractivity contribution in [3.63, 3.8) is 0 Å². The Bertz CT molecular complexity index is 776. The van der Waals surface area contributed by atoms with Gasteiger partial charge in [-0.25, -0.2) is 0 Å². The van der Waals surface area contributed by atoms with Crippen LogP contribution in [0.2, 0.25) is 0 Å². The number of allylic oxidation sites excluding steroid dienone is 3. The van der Waals surface area contributed by atoms with Crippen LogP contribution < -0.4 is 5.32 Å². The standard InChI is InChI=1S/C37H69NO8/c1-3-5-7-9-11-12-13-14-15-16-17-18-19-21-22-24-26-31(40)30(38-33(41)27-25-23-20-10-8-6-4-2)29-45-37-36(44)35(43)34(42)32(28-39)46-37/h18-19,24,26,30-32,34-37,39-40,42-44H,3-17,20-23,25,27-29H2,1-2H3,(H,38,41)/b19-18+,26-24+. The zero-order valence-corrected chi connectivity index (χ0v) is 29.1. The Balaban J connectivity index is 2.47. The van der Waals surface area contributed by atoms with Crippen LogP contribution in [0.1, 0.15) is 149 Å². The maximum Gasteiger partial charge on any atom is 0.220 e. The predicted molar refractivity (Wildman–Crippen MR) is 184 cm³/mol. The average Bonchev–Trinajstić information content (AvgIpc) is 3.05. The predicted octanol–water partition coefficient (Wildman–Crippen LogP) is 5.99. The highest BCUT2D eigenvalue weighted by atomic mass is 16.7. The first-order valence-electron chi connectivity index (χ1n) is 18.6. The molecular weight excluding hydrogens is 586 g/mol. The number of amides is 1. The maximum absolute atomic E-state index is 12.7. The fourth-order valence-electron chi connectivity index (χ4n) is 5.70. The van der Waals surface area contributed by atoms with Gasteiger partial charge in [0.2, 0.25) is 5.91 Å². The maximum atomic E-state index is 12.7. The van der Waals surface area contributed by atoms with E-state index in [2.05, 4.69) is 31.3 Å². The van der Waals surface area contributed by atoms with Crippen molar-refractivity contribution in [3.8, 4) is 0 Å². The molecule has 1 aliphatic heterocycles. The number of nitrogens with one attached hydrogen (secondary N) is 1. The molecule has 7 atom stereocenters. The monoisotopic (exact) mass is 656 g/mol. The Morgan fingerprint density at radius 3 is 1.83 bits per heavy atom. The van der Waals surface area contributed by atoms with Gasteiger partial charge < -0.3 is 40.3 Å². The molecule has 0 aromatic carbocycles. The molecule has 0 spiro atoms. The van der Waals surface area contributed by atoms with Crippen LogP contribution in [0.3, 0.4) is 0 Å². The minimum absolute atomic E-state index is 0.196. The van der Waals surface area contributed by atoms with Crippen molar-refractivity contribution in [2.45, 2.75) is 192 Å². The summed E-state index contributed by atoms with van der Waals surface area (Å²) < 4.78 is 11.1. The van der Waals surface area contributed by atoms with Crippen LogP contribution in [0.25, 0.3) is 0 Å². The van der Waals surface area contributed by atoms with Gasteiger partial charge in [0.15, 0.2) is 6.29 Å². The van der Waals surface area contributed by atoms with E-state index in [1.54, 1.807) is 6.08 Å². The second-order valence-corrected chi connectivity index (χ2v) is 13.0. The molecule has 46 heavy (non-hydrogen) atoms. The largest absolute Gasteiger partial charge is 0.394 e. The van der Waals surface area contributed by atoms with E-state index in [0.29, 0.717) is 6.42 Å². The van der Waals surface area contributed by atoms with Crippen molar-refractivity contribution in [2.75, 3.05) is 13.2 Å². The number of ether oxygens (including phenoxy) is 2. The van der Waals surface area contributed by atoms with Gasteiger partial charge in [-0.15, -0.1) is 0 Å². The molecule has 9 heteroatoms. The van der Waals surface area contributed by atoms with Crippen molar-refractivity contribution in [1.82, 2.24) is 5.32 Å². The summed E-state index contributed by atoms with van der Waals surface area (Å²) in [4.78, 5) is 12.7. The third-order valence-corrected chi connectivity index (χ3v) is 8.78. The third-order valence-electron chi connectivity index (χ3n) is 8.78. The molecule has 0 bridgehead atoms. The van der Waals surface area contributed by atoms with E-state index in [1.165, 1.54) is 89.9 Å². The minimum atomic E-state index is -1.57. The zero-order chi connectivity index (χ0) is 33.8. The van der Waals surface area contributed by atoms with Gasteiger partial charge in [-0.05, 0) is 32.1 Å². The van der Waals surface area contributed by atoms with Crippen molar-refractivity contribution >= 4 is 5.91 Å². The highest BCUT2D eigenvalue weighted by Gasteiger charge is 2.44. The molecule has 0 aromatic rings. The molecule has 6 N–H and O–H groups in total. The molecule has 0 aromatic heterocycles. The zero-order valence-electron chi connectivity index (χ0n) is 29.1. The molecular formula is C37H69NO8. The number of hydrogen-bond acceptors (Lipinski definition) is 8. The summed E-state index contributed by atoms with van der Waals surface area (Å²) in [5, 5.41) is 53.7. The van der Waals surface area contributed by atoms with Crippen LogP contribution >= 0.6 is 0 Å². The summed E-state index contributed by atoms with van der Waals surface area (Å²) in [5.74, 6) is -0.196. The lowest BCUT2D eigenvalue weighted by atomic mass is 9.99. The number of carbonyl (C=O) groups is 1. The van der Waals surface area contributed by atoms with Gasteiger partial charge in [0.05, 0.1) is 25.4 Å². The van der Waals surface area contributed by atoms with Crippen molar-refractivity contribution in [2.24, 2.45) is 0 Å². The Hall–Kier alpha value is -1.33. The van der Waals surface area contributed by atoms with Crippen LogP contribution in [0.4, 0.5) is 0 Å². The summed E-state index contributed by atoms with van der Waals surface area (Å²) in [7, 11) is 0. The lowest BCUT2D eigenvalue weighted by Crippen LogP contribution is -2.60. The minimum Gasteiger partial charge on any atom is -0.394 e. The highest BCUT2D eigenvalue weighted by Crippen LogP contribution is 2.22. The topological polar surface area (TPSA) is 149 Å². The van der Waals surface area contributed by atoms with Gasteiger partial charge in [0, 0.05) is 6.42 Å². The first-order chi connectivity index (χ1) is 22.3. The number of hydrogen-bond donors (Lipinski definition) is 6. The summed E-state index contributed by atoms with van der Waals surface area (Å²) in [6.07, 6.45) is 23.8. The van der Waals surface area contributed by atoms with Gasteiger partial charge in [0.25, 0.3) is 0 Å². The molecule has 270 valence electrons. The van der Waals surface area contributed by atoms with E-state index in [0.717, 1.165) is 38.5 Å². The molecule has 1 fully saturated rings. The molecule has 9 nitrogen and oxygen atoms in total. The fourth-order valence-corrected chi connectivity index (χ4v) is 5.70. The van der Waals surface area contributed by atoms with Gasteiger partial charge >= 0.3 is 0 Å². The van der Waals surface area contributed by atoms with Crippen LogP contribution in [0.5, 0.6) is 0 Å². The van der Waals surface area contributed by atoms with Gasteiger partial charge in [-0.1, -0.05) is 134 Å². The molecule has 0 aliphatic carbocycles. The normalized spacial score (nSPS) is 23.3. The summed E-state index contributed by atoms with van der Waals surface area (Å²) in [6, 6.07) is -0.812. The number of aliphatic hydroxyl groups excluding tert-OH is 5. The summed E-state index contributed by atoms with van der Waals surface area (Å²) in [6.45, 7) is 3.67. The van der Waals surface area contributed by atoms with Crippen molar-refractivity contribution < 1.29 is 39.8 Å². The summed E-state index contributed by atoms with van der Waals surface area (Å²) in [5.41, 5.74) is 0. The SMILES string of the molecule is CCCCCCCCCCCC/C=C/CC/C=C/C(O)C(COC1OC(CO)C(O)C(O)C1O)NC(=O)CCCCCCCCC. The van der Waals surface area contributed by atoms with Gasteiger partial charge in [0.1, 0.15) is 24.4 Å². The molecule has 0 radical (unpaired) electrons. The van der Waals surface area contributed by atoms with E-state index < -0.39 is 49.5 Å². The average molecular weight is 656 g/mol. The lowest BCUT2D eigenvalue weighted by molar-refractivity contribution is -0.302. The molecule has 1 saturated heterocycles. The Kier molecular flexibility index (Phi) is 26.6. The van der Waals surface area contributed by atoms with E-state index in [1.807, 2.05) is 6.08 Å². The molecule has 0 saturated carbocycles. The van der Waals surface area contributed by atoms with Crippen LogP contribution in [-0.4, -0.2) is 87.5 Å². The second kappa shape index (κ2) is 28.7. The third kappa shape index (κ3) is 20.1. The Morgan fingerprint density at radius 2 is 1.24 bits per heavy atom. The van der Waals surface area contributed by atoms with Crippen LogP contribution in [0.15, 0.2) is 24.3 Å². The fraction of sp³-hybridized carbons (Fsp3) is 0.865. The Morgan fingerprint density at radius 1 is 0.717 bits per heavy atom. The first kappa shape index (κ1) is 42.7. The molecule has 1 heterocycles. The number of carbonyl (C=O) groups excluding carboxylic acids is 1. The van der Waals surface area contributed by atoms with E-state index in [9.17, 15) is 30.3 Å². The Labute approximate surface area is 279 Å². The van der Waals surface area contributed by atoms with Crippen LogP contribution in [-0.2, 0) is 14.3 Å². The second-order valence-electron chi connectivity index (χ2n) is 13.0. The molecule has 1 rings (SSSR count). The van der Waals surface area contributed by atoms with Crippen LogP contribution in [0, 0.1) is 0 Å². The highest BCUT2D eigenvalue weighted by molar-refractivity contribution is 5.76. The van der Waals surface area contributed by atoms with Gasteiger partial charge in [-0.2, -0.15) is 0 Å². The van der Waals surface area contributed by atoms with E-state index in [-0.39, 0.29) is 12.5 Å². The quantitative estimate of drug-likeness (QED) is 0.0425. The van der Waals surface area contributed by atoms with Crippen molar-refractivity contribution in [1.29, 1.82) is 0 Å². The van der Waals surface area contributed by atoms with Gasteiger partial charge in [-0.3, -0.25) is 4.79 Å². The van der Waals surface area contributed by atoms with Crippen molar-refractivity contribution in [3.05, 3.63) is 24.3 Å². The molecule has 7 unspecified atom stereocenters. The lowest BCUT2D eigenvalue weighted by Gasteiger charge is -2.40. The summed E-state index contributed by atoms with van der Waals surface area (Å²) >= 11 is 0. The first-order valence-corrected chi connectivity index (χ1v) is 18.6. The number of rotatable bonds is 29.